The summed E-state index contributed by atoms with van der Waals surface area (Å²) < 4.78 is 0. The Hall–Kier alpha value is -1.73. The molecule has 1 aromatic rings. The summed E-state index contributed by atoms with van der Waals surface area (Å²) in [6, 6.07) is 6.34. The number of benzene rings is 1. The average molecular weight is 253 g/mol. The van der Waals surface area contributed by atoms with Crippen LogP contribution in [0.4, 0.5) is 0 Å². The van der Waals surface area contributed by atoms with Crippen molar-refractivity contribution in [2.75, 3.05) is 13.1 Å². The van der Waals surface area contributed by atoms with E-state index in [0.29, 0.717) is 18.1 Å². The smallest absolute Gasteiger partial charge is 0.257 e. The van der Waals surface area contributed by atoms with Crippen LogP contribution in [-0.2, 0) is 0 Å². The Labute approximate surface area is 105 Å². The molecule has 0 bridgehead atoms. The fourth-order valence-corrected chi connectivity index (χ4v) is 1.61. The van der Waals surface area contributed by atoms with E-state index in [1.807, 2.05) is 13.0 Å². The molecule has 5 heteroatoms. The largest absolute Gasteiger partial charge is 0.507 e. The van der Waals surface area contributed by atoms with Gasteiger partial charge in [-0.2, -0.15) is 5.26 Å². The lowest BCUT2D eigenvalue weighted by Gasteiger charge is -2.20. The summed E-state index contributed by atoms with van der Waals surface area (Å²) in [7, 11) is 0. The first-order chi connectivity index (χ1) is 8.10. The molecule has 17 heavy (non-hydrogen) atoms. The lowest BCUT2D eigenvalue weighted by Crippen LogP contribution is -2.31. The highest BCUT2D eigenvalue weighted by atomic mass is 35.5. The molecule has 0 saturated heterocycles. The van der Waals surface area contributed by atoms with Crippen LogP contribution in [0, 0.1) is 11.3 Å². The van der Waals surface area contributed by atoms with E-state index in [-0.39, 0.29) is 23.6 Å². The molecule has 0 unspecified atom stereocenters. The highest BCUT2D eigenvalue weighted by Gasteiger charge is 2.17. The lowest BCUT2D eigenvalue weighted by atomic mass is 10.1. The number of nitriles is 1. The first-order valence-corrected chi connectivity index (χ1v) is 5.62. The molecule has 0 aromatic heterocycles. The van der Waals surface area contributed by atoms with Crippen LogP contribution < -0.4 is 0 Å². The molecule has 90 valence electrons. The zero-order valence-corrected chi connectivity index (χ0v) is 10.2. The van der Waals surface area contributed by atoms with Crippen molar-refractivity contribution in [1.29, 1.82) is 5.26 Å². The zero-order valence-electron chi connectivity index (χ0n) is 9.48. The van der Waals surface area contributed by atoms with Crippen LogP contribution in [0.5, 0.6) is 5.75 Å². The molecule has 1 N–H and O–H groups in total. The molecule has 0 spiro atoms. The van der Waals surface area contributed by atoms with Gasteiger partial charge in [-0.25, -0.2) is 0 Å². The van der Waals surface area contributed by atoms with Crippen LogP contribution in [-0.4, -0.2) is 29.0 Å². The number of halogens is 1. The summed E-state index contributed by atoms with van der Waals surface area (Å²) in [6.07, 6.45) is 0.272. The van der Waals surface area contributed by atoms with Crippen molar-refractivity contribution in [3.05, 3.63) is 28.8 Å². The van der Waals surface area contributed by atoms with Gasteiger partial charge in [0.2, 0.25) is 0 Å². The van der Waals surface area contributed by atoms with Crippen LogP contribution in [0.1, 0.15) is 23.7 Å². The van der Waals surface area contributed by atoms with Crippen molar-refractivity contribution in [2.24, 2.45) is 0 Å². The third-order valence-corrected chi connectivity index (χ3v) is 2.59. The summed E-state index contributed by atoms with van der Waals surface area (Å²) in [5.74, 6) is -0.435. The molecule has 0 aliphatic rings. The van der Waals surface area contributed by atoms with Gasteiger partial charge in [-0.05, 0) is 25.1 Å². The highest BCUT2D eigenvalue weighted by Crippen LogP contribution is 2.23. The number of phenols is 1. The van der Waals surface area contributed by atoms with Gasteiger partial charge in [0.15, 0.2) is 0 Å². The van der Waals surface area contributed by atoms with E-state index in [1.165, 1.54) is 17.0 Å². The minimum absolute atomic E-state index is 0.141. The topological polar surface area (TPSA) is 64.3 Å². The SMILES string of the molecule is CCN(CCC#N)C(=O)c1ccc(Cl)cc1O. The van der Waals surface area contributed by atoms with Gasteiger partial charge >= 0.3 is 0 Å². The van der Waals surface area contributed by atoms with Crippen LogP contribution in [0.25, 0.3) is 0 Å². The molecule has 0 radical (unpaired) electrons. The number of aromatic hydroxyl groups is 1. The molecule has 4 nitrogen and oxygen atoms in total. The molecule has 1 rings (SSSR count). The molecule has 0 aliphatic carbocycles. The molecule has 1 amide bonds. The average Bonchev–Trinajstić information content (AvgIpc) is 2.29. The third kappa shape index (κ3) is 3.36. The summed E-state index contributed by atoms with van der Waals surface area (Å²) in [6.45, 7) is 2.67. The predicted octanol–water partition coefficient (Wildman–Crippen LogP) is 2.42. The molecule has 0 saturated carbocycles. The first-order valence-electron chi connectivity index (χ1n) is 5.25. The second-order valence-electron chi connectivity index (χ2n) is 3.45. The van der Waals surface area contributed by atoms with Gasteiger partial charge in [0, 0.05) is 18.1 Å². The van der Waals surface area contributed by atoms with E-state index < -0.39 is 0 Å². The van der Waals surface area contributed by atoms with Gasteiger partial charge in [0.25, 0.3) is 5.91 Å². The van der Waals surface area contributed by atoms with Gasteiger partial charge in [0.1, 0.15) is 5.75 Å². The molecule has 0 heterocycles. The second kappa shape index (κ2) is 6.12. The minimum Gasteiger partial charge on any atom is -0.507 e. The third-order valence-electron chi connectivity index (χ3n) is 2.35. The van der Waals surface area contributed by atoms with E-state index in [1.54, 1.807) is 6.07 Å². The molecule has 0 fully saturated rings. The van der Waals surface area contributed by atoms with Crippen molar-refractivity contribution in [1.82, 2.24) is 4.90 Å². The summed E-state index contributed by atoms with van der Waals surface area (Å²) in [5, 5.41) is 18.5. The quantitative estimate of drug-likeness (QED) is 0.895. The summed E-state index contributed by atoms with van der Waals surface area (Å²) in [4.78, 5) is 13.5. The number of hydrogen-bond donors (Lipinski definition) is 1. The Morgan fingerprint density at radius 3 is 2.82 bits per heavy atom. The van der Waals surface area contributed by atoms with Crippen LogP contribution in [0.15, 0.2) is 18.2 Å². The molecule has 0 aliphatic heterocycles. The number of carbonyl (C=O) groups excluding carboxylic acids is 1. The normalized spacial score (nSPS) is 9.71. The van der Waals surface area contributed by atoms with Crippen molar-refractivity contribution < 1.29 is 9.90 Å². The zero-order chi connectivity index (χ0) is 12.8. The number of carbonyl (C=O) groups is 1. The fourth-order valence-electron chi connectivity index (χ4n) is 1.44. The van der Waals surface area contributed by atoms with E-state index in [9.17, 15) is 9.90 Å². The Morgan fingerprint density at radius 1 is 1.59 bits per heavy atom. The maximum atomic E-state index is 12.0. The van der Waals surface area contributed by atoms with Crippen molar-refractivity contribution in [3.63, 3.8) is 0 Å². The molecular weight excluding hydrogens is 240 g/mol. The predicted molar refractivity (Wildman–Crippen MR) is 64.9 cm³/mol. The fraction of sp³-hybridized carbons (Fsp3) is 0.333. The van der Waals surface area contributed by atoms with Crippen molar-refractivity contribution in [3.8, 4) is 11.8 Å². The van der Waals surface area contributed by atoms with Crippen LogP contribution in [0.3, 0.4) is 0 Å². The maximum Gasteiger partial charge on any atom is 0.257 e. The molecule has 1 aromatic carbocycles. The van der Waals surface area contributed by atoms with Crippen molar-refractivity contribution in [2.45, 2.75) is 13.3 Å². The molecule has 0 atom stereocenters. The number of phenolic OH excluding ortho intramolecular Hbond substituents is 1. The monoisotopic (exact) mass is 252 g/mol. The van der Waals surface area contributed by atoms with Gasteiger partial charge in [0.05, 0.1) is 18.1 Å². The van der Waals surface area contributed by atoms with Gasteiger partial charge in [-0.15, -0.1) is 0 Å². The van der Waals surface area contributed by atoms with Gasteiger partial charge < -0.3 is 10.0 Å². The second-order valence-corrected chi connectivity index (χ2v) is 3.89. The summed E-state index contributed by atoms with van der Waals surface area (Å²) in [5.41, 5.74) is 0.203. The minimum atomic E-state index is -0.295. The van der Waals surface area contributed by atoms with Crippen LogP contribution >= 0.6 is 11.6 Å². The van der Waals surface area contributed by atoms with Gasteiger partial charge in [-0.3, -0.25) is 4.79 Å². The Morgan fingerprint density at radius 2 is 2.29 bits per heavy atom. The van der Waals surface area contributed by atoms with Gasteiger partial charge in [-0.1, -0.05) is 11.6 Å². The van der Waals surface area contributed by atoms with E-state index in [4.69, 9.17) is 16.9 Å². The number of hydrogen-bond acceptors (Lipinski definition) is 3. The number of nitrogens with zero attached hydrogens (tertiary/aromatic N) is 2. The summed E-state index contributed by atoms with van der Waals surface area (Å²) >= 11 is 5.69. The first kappa shape index (κ1) is 13.3. The number of amides is 1. The van der Waals surface area contributed by atoms with E-state index >= 15 is 0 Å². The Bertz CT molecular complexity index is 454. The molecular formula is C12H13ClN2O2. The van der Waals surface area contributed by atoms with Crippen molar-refractivity contribution >= 4 is 17.5 Å². The van der Waals surface area contributed by atoms with E-state index in [2.05, 4.69) is 0 Å². The maximum absolute atomic E-state index is 12.0. The highest BCUT2D eigenvalue weighted by molar-refractivity contribution is 6.30. The lowest BCUT2D eigenvalue weighted by molar-refractivity contribution is 0.0765. The Balaban J connectivity index is 2.90. The van der Waals surface area contributed by atoms with Crippen LogP contribution in [0.2, 0.25) is 5.02 Å². The number of rotatable bonds is 4. The van der Waals surface area contributed by atoms with E-state index in [0.717, 1.165) is 0 Å². The standard InChI is InChI=1S/C12H13ClN2O2/c1-2-15(7-3-6-14)12(17)10-5-4-9(13)8-11(10)16/h4-5,8,16H,2-3,7H2,1H3. The Kier molecular flexibility index (Phi) is 4.80.